The van der Waals surface area contributed by atoms with E-state index in [2.05, 4.69) is 4.99 Å². The number of nitrogens with zero attached hydrogens (tertiary/aromatic N) is 1. The monoisotopic (exact) mass is 305 g/mol. The molecule has 1 aliphatic carbocycles. The average molecular weight is 305 g/mol. The lowest BCUT2D eigenvalue weighted by molar-refractivity contribution is -0.135. The van der Waals surface area contributed by atoms with Crippen LogP contribution in [0.3, 0.4) is 0 Å². The van der Waals surface area contributed by atoms with Gasteiger partial charge in [-0.15, -0.1) is 0 Å². The van der Waals surface area contributed by atoms with Gasteiger partial charge in [-0.2, -0.15) is 0 Å². The topological polar surface area (TPSA) is 77.4 Å². The molecule has 2 rings (SSSR count). The van der Waals surface area contributed by atoms with Crippen LogP contribution in [0.5, 0.6) is 11.5 Å². The fraction of sp³-hybridized carbons (Fsp3) is 0.375. The Morgan fingerprint density at radius 1 is 1.27 bits per heavy atom. The van der Waals surface area contributed by atoms with Gasteiger partial charge in [-0.05, 0) is 25.0 Å². The second-order valence-electron chi connectivity index (χ2n) is 4.83. The zero-order valence-electron chi connectivity index (χ0n) is 12.8. The largest absolute Gasteiger partial charge is 0.506 e. The summed E-state index contributed by atoms with van der Waals surface area (Å²) in [5.74, 6) is 0.0771. The Bertz CT molecular complexity index is 617. The molecule has 0 spiro atoms. The molecule has 0 unspecified atom stereocenters. The molecule has 0 amide bonds. The summed E-state index contributed by atoms with van der Waals surface area (Å²) >= 11 is 0. The zero-order valence-corrected chi connectivity index (χ0v) is 12.8. The third-order valence-electron chi connectivity index (χ3n) is 3.29. The fourth-order valence-corrected chi connectivity index (χ4v) is 1.86. The average Bonchev–Trinajstić information content (AvgIpc) is 3.38. The van der Waals surface area contributed by atoms with Crippen molar-refractivity contribution in [3.63, 3.8) is 0 Å². The first-order valence-electron chi connectivity index (χ1n) is 6.87. The van der Waals surface area contributed by atoms with Crippen molar-refractivity contribution in [2.45, 2.75) is 18.9 Å². The number of aliphatic hydroxyl groups excluding tert-OH is 1. The van der Waals surface area contributed by atoms with Gasteiger partial charge < -0.3 is 19.3 Å². The minimum absolute atomic E-state index is 0.00198. The predicted molar refractivity (Wildman–Crippen MR) is 82.6 cm³/mol. The van der Waals surface area contributed by atoms with Gasteiger partial charge in [0.1, 0.15) is 22.8 Å². The molecule has 118 valence electrons. The molecule has 0 bridgehead atoms. The Kier molecular flexibility index (Phi) is 5.04. The standard InChI is InChI=1S/C16H19NO5/c1-20-11-6-7-12(14(8-11)21-2)15(18)13(16(19)22-3)9-17-10-4-5-10/h6-10,18H,4-5H2,1-3H3/b15-13-,17-9?. The number of carbonyl (C=O) groups is 1. The van der Waals surface area contributed by atoms with Crippen molar-refractivity contribution in [1.29, 1.82) is 0 Å². The first kappa shape index (κ1) is 15.9. The van der Waals surface area contributed by atoms with Crippen molar-refractivity contribution >= 4 is 17.9 Å². The van der Waals surface area contributed by atoms with Crippen molar-refractivity contribution in [2.24, 2.45) is 4.99 Å². The van der Waals surface area contributed by atoms with Crippen LogP contribution in [0.1, 0.15) is 18.4 Å². The van der Waals surface area contributed by atoms with Crippen LogP contribution in [0.15, 0.2) is 28.8 Å². The number of methoxy groups -OCH3 is 3. The second-order valence-corrected chi connectivity index (χ2v) is 4.83. The summed E-state index contributed by atoms with van der Waals surface area (Å²) in [6.07, 6.45) is 3.36. The van der Waals surface area contributed by atoms with Gasteiger partial charge in [0.2, 0.25) is 0 Å². The molecular weight excluding hydrogens is 286 g/mol. The number of aliphatic imine (C=N–C) groups is 1. The van der Waals surface area contributed by atoms with Crippen LogP contribution in [-0.4, -0.2) is 44.7 Å². The molecule has 6 heteroatoms. The molecule has 1 N–H and O–H groups in total. The lowest BCUT2D eigenvalue weighted by Crippen LogP contribution is -2.10. The molecule has 1 aliphatic rings. The van der Waals surface area contributed by atoms with E-state index >= 15 is 0 Å². The smallest absolute Gasteiger partial charge is 0.343 e. The van der Waals surface area contributed by atoms with Crippen LogP contribution in [0, 0.1) is 0 Å². The van der Waals surface area contributed by atoms with Gasteiger partial charge >= 0.3 is 5.97 Å². The van der Waals surface area contributed by atoms with Gasteiger partial charge in [-0.3, -0.25) is 4.99 Å². The molecule has 0 saturated heterocycles. The molecule has 0 aliphatic heterocycles. The number of hydrogen-bond acceptors (Lipinski definition) is 6. The van der Waals surface area contributed by atoms with Crippen molar-refractivity contribution in [2.75, 3.05) is 21.3 Å². The van der Waals surface area contributed by atoms with Gasteiger partial charge in [0.05, 0.1) is 32.9 Å². The Labute approximate surface area is 129 Å². The highest BCUT2D eigenvalue weighted by Gasteiger charge is 2.22. The number of benzene rings is 1. The quantitative estimate of drug-likeness (QED) is 0.378. The number of hydrogen-bond donors (Lipinski definition) is 1. The van der Waals surface area contributed by atoms with Crippen LogP contribution in [0.2, 0.25) is 0 Å². The van der Waals surface area contributed by atoms with Gasteiger partial charge in [0.15, 0.2) is 0 Å². The maximum Gasteiger partial charge on any atom is 0.343 e. The Morgan fingerprint density at radius 2 is 2.00 bits per heavy atom. The minimum Gasteiger partial charge on any atom is -0.506 e. The van der Waals surface area contributed by atoms with Crippen molar-refractivity contribution in [1.82, 2.24) is 0 Å². The van der Waals surface area contributed by atoms with E-state index < -0.39 is 5.97 Å². The molecule has 0 radical (unpaired) electrons. The van der Waals surface area contributed by atoms with Crippen LogP contribution in [0.25, 0.3) is 5.76 Å². The SMILES string of the molecule is COC(=O)/C(C=NC1CC1)=C(\O)c1ccc(OC)cc1OC. The molecule has 0 heterocycles. The molecule has 0 aromatic heterocycles. The Hall–Kier alpha value is -2.50. The number of rotatable bonds is 6. The summed E-state index contributed by atoms with van der Waals surface area (Å²) < 4.78 is 15.1. The highest BCUT2D eigenvalue weighted by Crippen LogP contribution is 2.31. The van der Waals surface area contributed by atoms with E-state index in [4.69, 9.17) is 14.2 Å². The maximum absolute atomic E-state index is 11.9. The van der Waals surface area contributed by atoms with Gasteiger partial charge in [0.25, 0.3) is 0 Å². The van der Waals surface area contributed by atoms with E-state index in [9.17, 15) is 9.90 Å². The normalized spacial score (nSPS) is 15.4. The third kappa shape index (κ3) is 3.58. The Morgan fingerprint density at radius 3 is 2.55 bits per heavy atom. The van der Waals surface area contributed by atoms with E-state index in [1.807, 2.05) is 0 Å². The van der Waals surface area contributed by atoms with E-state index in [-0.39, 0.29) is 17.4 Å². The maximum atomic E-state index is 11.9. The van der Waals surface area contributed by atoms with Crippen LogP contribution in [0.4, 0.5) is 0 Å². The number of esters is 1. The van der Waals surface area contributed by atoms with Crippen LogP contribution < -0.4 is 9.47 Å². The summed E-state index contributed by atoms with van der Waals surface area (Å²) in [6, 6.07) is 5.13. The van der Waals surface area contributed by atoms with E-state index in [0.717, 1.165) is 12.8 Å². The third-order valence-corrected chi connectivity index (χ3v) is 3.29. The number of carbonyl (C=O) groups excluding carboxylic acids is 1. The first-order valence-corrected chi connectivity index (χ1v) is 6.87. The minimum atomic E-state index is -0.653. The fourth-order valence-electron chi connectivity index (χ4n) is 1.86. The highest BCUT2D eigenvalue weighted by atomic mass is 16.5. The summed E-state index contributed by atoms with van der Waals surface area (Å²) in [5, 5.41) is 10.5. The lowest BCUT2D eigenvalue weighted by atomic mass is 10.1. The van der Waals surface area contributed by atoms with E-state index in [0.29, 0.717) is 17.1 Å². The number of aliphatic hydroxyl groups is 1. The summed E-state index contributed by atoms with van der Waals surface area (Å²) in [6.45, 7) is 0. The molecule has 1 saturated carbocycles. The molecular formula is C16H19NO5. The predicted octanol–water partition coefficient (Wildman–Crippen LogP) is 2.38. The van der Waals surface area contributed by atoms with E-state index in [1.54, 1.807) is 18.2 Å². The zero-order chi connectivity index (χ0) is 16.1. The van der Waals surface area contributed by atoms with Crippen molar-refractivity contribution in [3.8, 4) is 11.5 Å². The second kappa shape index (κ2) is 6.98. The molecule has 1 aromatic rings. The number of ether oxygens (including phenoxy) is 3. The molecule has 1 aromatic carbocycles. The molecule has 22 heavy (non-hydrogen) atoms. The van der Waals surface area contributed by atoms with Crippen molar-refractivity contribution < 1.29 is 24.1 Å². The Balaban J connectivity index is 2.46. The van der Waals surface area contributed by atoms with Gasteiger partial charge in [-0.25, -0.2) is 4.79 Å². The van der Waals surface area contributed by atoms with Gasteiger partial charge in [0, 0.05) is 12.3 Å². The van der Waals surface area contributed by atoms with Crippen LogP contribution >= 0.6 is 0 Å². The molecule has 6 nitrogen and oxygen atoms in total. The molecule has 1 fully saturated rings. The highest BCUT2D eigenvalue weighted by molar-refractivity contribution is 6.15. The molecule has 0 atom stereocenters. The van der Waals surface area contributed by atoms with E-state index in [1.165, 1.54) is 27.5 Å². The first-order chi connectivity index (χ1) is 10.6. The summed E-state index contributed by atoms with van der Waals surface area (Å²) in [5.41, 5.74) is 0.365. The van der Waals surface area contributed by atoms with Crippen LogP contribution in [-0.2, 0) is 9.53 Å². The summed E-state index contributed by atoms with van der Waals surface area (Å²) in [7, 11) is 4.26. The van der Waals surface area contributed by atoms with Gasteiger partial charge in [-0.1, -0.05) is 0 Å². The van der Waals surface area contributed by atoms with Crippen molar-refractivity contribution in [3.05, 3.63) is 29.3 Å². The summed E-state index contributed by atoms with van der Waals surface area (Å²) in [4.78, 5) is 16.1. The lowest BCUT2D eigenvalue weighted by Gasteiger charge is -2.11.